The Morgan fingerprint density at radius 1 is 1.39 bits per heavy atom. The van der Waals surface area contributed by atoms with Gasteiger partial charge < -0.3 is 21.1 Å². The van der Waals surface area contributed by atoms with E-state index in [2.05, 4.69) is 15.6 Å². The Balaban J connectivity index is 1.40. The first kappa shape index (κ1) is 20.2. The highest BCUT2D eigenvalue weighted by Crippen LogP contribution is 2.26. The number of carbonyl (C=O) groups excluding carboxylic acids is 2. The van der Waals surface area contributed by atoms with E-state index in [-0.39, 0.29) is 23.8 Å². The van der Waals surface area contributed by atoms with Crippen molar-refractivity contribution >= 4 is 29.3 Å². The zero-order chi connectivity index (χ0) is 20.1. The molecular weight excluding hydrogens is 380 g/mol. The summed E-state index contributed by atoms with van der Waals surface area (Å²) in [5.74, 6) is 0.454. The first-order valence-corrected chi connectivity index (χ1v) is 9.81. The van der Waals surface area contributed by atoms with Gasteiger partial charge in [-0.1, -0.05) is 11.6 Å². The number of aryl methyl sites for hydroxylation is 1. The average molecular weight is 405 g/mol. The second-order valence-corrected chi connectivity index (χ2v) is 7.59. The van der Waals surface area contributed by atoms with Crippen LogP contribution in [0, 0.1) is 6.92 Å². The highest BCUT2D eigenvalue weighted by Gasteiger charge is 2.29. The number of fused-ring (bicyclic) bond motifs is 1. The number of nitrogens with one attached hydrogen (secondary N) is 2. The van der Waals surface area contributed by atoms with Crippen molar-refractivity contribution in [2.75, 3.05) is 6.61 Å². The summed E-state index contributed by atoms with van der Waals surface area (Å²) in [6, 6.07) is 5.64. The quantitative estimate of drug-likeness (QED) is 0.606. The molecule has 8 heteroatoms. The molecule has 4 N–H and O–H groups in total. The minimum absolute atomic E-state index is 0.0190. The van der Waals surface area contributed by atoms with Gasteiger partial charge in [0, 0.05) is 23.7 Å². The predicted molar refractivity (Wildman–Crippen MR) is 108 cm³/mol. The number of carbonyl (C=O) groups is 2. The molecule has 1 fully saturated rings. The summed E-state index contributed by atoms with van der Waals surface area (Å²) in [5.41, 5.74) is 7.32. The molecule has 2 aliphatic rings. The normalized spacial score (nSPS) is 20.9. The number of nitrogens with two attached hydrogens (primary N) is 1. The average Bonchev–Trinajstić information content (AvgIpc) is 2.66. The van der Waals surface area contributed by atoms with Gasteiger partial charge in [-0.15, -0.1) is 0 Å². The molecule has 0 saturated heterocycles. The van der Waals surface area contributed by atoms with E-state index in [9.17, 15) is 9.59 Å². The van der Waals surface area contributed by atoms with Crippen molar-refractivity contribution in [1.29, 1.82) is 0 Å². The van der Waals surface area contributed by atoms with E-state index in [1.807, 2.05) is 19.1 Å². The van der Waals surface area contributed by atoms with Crippen molar-refractivity contribution in [3.05, 3.63) is 40.6 Å². The molecule has 3 rings (SSSR count). The summed E-state index contributed by atoms with van der Waals surface area (Å²) in [7, 11) is 0. The fraction of sp³-hybridized carbons (Fsp3) is 0.450. The lowest BCUT2D eigenvalue weighted by molar-refractivity contribution is -0.122. The third-order valence-corrected chi connectivity index (χ3v) is 5.18. The zero-order valence-corrected chi connectivity index (χ0v) is 16.6. The van der Waals surface area contributed by atoms with E-state index < -0.39 is 5.91 Å². The molecule has 7 nitrogen and oxygen atoms in total. The number of hydrogen-bond donors (Lipinski definition) is 3. The lowest BCUT2D eigenvalue weighted by Gasteiger charge is -2.34. The van der Waals surface area contributed by atoms with Crippen molar-refractivity contribution in [3.63, 3.8) is 0 Å². The molecule has 0 bridgehead atoms. The molecule has 28 heavy (non-hydrogen) atoms. The van der Waals surface area contributed by atoms with Gasteiger partial charge in [0.1, 0.15) is 5.75 Å². The summed E-state index contributed by atoms with van der Waals surface area (Å²) < 4.78 is 5.72. The van der Waals surface area contributed by atoms with E-state index in [1.165, 1.54) is 0 Å². The van der Waals surface area contributed by atoms with Crippen LogP contribution in [0.25, 0.3) is 0 Å². The van der Waals surface area contributed by atoms with Crippen LogP contribution in [0.5, 0.6) is 5.75 Å². The van der Waals surface area contributed by atoms with Crippen LogP contribution in [0.1, 0.15) is 37.7 Å². The molecule has 1 saturated carbocycles. The standard InChI is InChI=1S/C20H25ClN4O3/c1-12-9-14(21)4-7-17(12)28-8-2-3-18(26)24-15-5-6-16-13(10-15)11-23-20(25-16)19(22)27/h4,7,9,11,15-16H,2-3,5-6,8,10H2,1H3,(H2,22,27)(H,23,25)(H,24,26). The smallest absolute Gasteiger partial charge is 0.284 e. The lowest BCUT2D eigenvalue weighted by Crippen LogP contribution is -2.49. The zero-order valence-electron chi connectivity index (χ0n) is 15.8. The molecule has 0 radical (unpaired) electrons. The Bertz CT molecular complexity index is 822. The van der Waals surface area contributed by atoms with Crippen molar-refractivity contribution in [2.45, 2.75) is 51.1 Å². The minimum Gasteiger partial charge on any atom is -0.493 e. The van der Waals surface area contributed by atoms with E-state index in [0.29, 0.717) is 24.5 Å². The molecule has 0 spiro atoms. The number of aliphatic imine (C=N–C) groups is 1. The summed E-state index contributed by atoms with van der Waals surface area (Å²) in [6.45, 7) is 2.41. The molecule has 1 aliphatic heterocycles. The molecule has 1 aromatic rings. The Hall–Kier alpha value is -2.54. The maximum atomic E-state index is 12.2. The van der Waals surface area contributed by atoms with Crippen LogP contribution in [0.2, 0.25) is 5.02 Å². The first-order chi connectivity index (χ1) is 13.4. The summed E-state index contributed by atoms with van der Waals surface area (Å²) >= 11 is 5.93. The van der Waals surface area contributed by atoms with Gasteiger partial charge >= 0.3 is 0 Å². The number of amides is 2. The Morgan fingerprint density at radius 2 is 2.21 bits per heavy atom. The molecule has 1 aliphatic carbocycles. The fourth-order valence-corrected chi connectivity index (χ4v) is 3.71. The van der Waals surface area contributed by atoms with E-state index in [0.717, 1.165) is 36.1 Å². The molecule has 1 heterocycles. The number of hydrogen-bond acceptors (Lipinski definition) is 5. The summed E-state index contributed by atoms with van der Waals surface area (Å²) in [4.78, 5) is 27.5. The molecular formula is C20H25ClN4O3. The van der Waals surface area contributed by atoms with Gasteiger partial charge in [0.05, 0.1) is 12.6 Å². The Kier molecular flexibility index (Phi) is 6.57. The summed E-state index contributed by atoms with van der Waals surface area (Å²) in [6.07, 6.45) is 5.13. The largest absolute Gasteiger partial charge is 0.493 e. The topological polar surface area (TPSA) is 106 Å². The highest BCUT2D eigenvalue weighted by molar-refractivity contribution is 6.37. The van der Waals surface area contributed by atoms with Crippen molar-refractivity contribution in [2.24, 2.45) is 10.7 Å². The number of nitrogens with zero attached hydrogens (tertiary/aromatic N) is 1. The maximum absolute atomic E-state index is 12.2. The van der Waals surface area contributed by atoms with Gasteiger partial charge in [0.15, 0.2) is 5.84 Å². The highest BCUT2D eigenvalue weighted by atomic mass is 35.5. The number of benzene rings is 1. The molecule has 1 aromatic carbocycles. The molecule has 2 atom stereocenters. The number of rotatable bonds is 7. The first-order valence-electron chi connectivity index (χ1n) is 9.44. The summed E-state index contributed by atoms with van der Waals surface area (Å²) in [5, 5.41) is 6.83. The predicted octanol–water partition coefficient (Wildman–Crippen LogP) is 2.22. The minimum atomic E-state index is -0.554. The van der Waals surface area contributed by atoms with Gasteiger partial charge in [-0.05, 0) is 61.9 Å². The number of amidine groups is 1. The number of primary amides is 1. The van der Waals surface area contributed by atoms with Crippen LogP contribution in [0.4, 0.5) is 0 Å². The van der Waals surface area contributed by atoms with Crippen LogP contribution < -0.4 is 21.1 Å². The van der Waals surface area contributed by atoms with Gasteiger partial charge in [-0.25, -0.2) is 4.99 Å². The van der Waals surface area contributed by atoms with Gasteiger partial charge in [-0.3, -0.25) is 9.59 Å². The van der Waals surface area contributed by atoms with Crippen LogP contribution in [-0.4, -0.2) is 36.3 Å². The van der Waals surface area contributed by atoms with E-state index in [4.69, 9.17) is 22.1 Å². The van der Waals surface area contributed by atoms with Gasteiger partial charge in [0.2, 0.25) is 5.91 Å². The maximum Gasteiger partial charge on any atom is 0.284 e. The number of ether oxygens (including phenoxy) is 1. The molecule has 2 unspecified atom stereocenters. The number of halogens is 1. The molecule has 150 valence electrons. The second-order valence-electron chi connectivity index (χ2n) is 7.15. The van der Waals surface area contributed by atoms with E-state index >= 15 is 0 Å². The third-order valence-electron chi connectivity index (χ3n) is 4.95. The Labute approximate surface area is 169 Å². The van der Waals surface area contributed by atoms with E-state index in [1.54, 1.807) is 12.3 Å². The van der Waals surface area contributed by atoms with Gasteiger partial charge in [0.25, 0.3) is 5.91 Å². The van der Waals surface area contributed by atoms with Crippen LogP contribution in [-0.2, 0) is 9.59 Å². The molecule has 0 aromatic heterocycles. The van der Waals surface area contributed by atoms with Crippen molar-refractivity contribution in [3.8, 4) is 5.75 Å². The fourth-order valence-electron chi connectivity index (χ4n) is 3.49. The third kappa shape index (κ3) is 5.25. The van der Waals surface area contributed by atoms with Gasteiger partial charge in [-0.2, -0.15) is 0 Å². The van der Waals surface area contributed by atoms with Crippen molar-refractivity contribution in [1.82, 2.24) is 10.6 Å². The SMILES string of the molecule is Cc1cc(Cl)ccc1OCCCC(=O)NC1CCC2NC(C(N)=O)=NC=C2C1. The Morgan fingerprint density at radius 3 is 2.96 bits per heavy atom. The lowest BCUT2D eigenvalue weighted by atomic mass is 9.86. The van der Waals surface area contributed by atoms with Crippen LogP contribution in [0.3, 0.4) is 0 Å². The van der Waals surface area contributed by atoms with Crippen LogP contribution >= 0.6 is 11.6 Å². The van der Waals surface area contributed by atoms with Crippen LogP contribution in [0.15, 0.2) is 35.0 Å². The molecule has 2 amide bonds. The second kappa shape index (κ2) is 9.10. The monoisotopic (exact) mass is 404 g/mol. The van der Waals surface area contributed by atoms with Crippen molar-refractivity contribution < 1.29 is 14.3 Å².